The van der Waals surface area contributed by atoms with Gasteiger partial charge in [0.05, 0.1) is 36.7 Å². The van der Waals surface area contributed by atoms with E-state index in [1.807, 2.05) is 19.2 Å². The van der Waals surface area contributed by atoms with E-state index in [0.717, 1.165) is 43.9 Å². The van der Waals surface area contributed by atoms with E-state index < -0.39 is 11.7 Å². The highest BCUT2D eigenvalue weighted by molar-refractivity contribution is 5.59. The Morgan fingerprint density at radius 2 is 1.69 bits per heavy atom. The summed E-state index contributed by atoms with van der Waals surface area (Å²) in [6.07, 6.45) is 3.36. The molecule has 0 saturated carbocycles. The Morgan fingerprint density at radius 3 is 2.25 bits per heavy atom. The van der Waals surface area contributed by atoms with Crippen molar-refractivity contribution in [1.29, 1.82) is 0 Å². The molecule has 0 atom stereocenters. The van der Waals surface area contributed by atoms with E-state index in [1.165, 1.54) is 24.7 Å². The van der Waals surface area contributed by atoms with Gasteiger partial charge in [-0.05, 0) is 37.5 Å². The summed E-state index contributed by atoms with van der Waals surface area (Å²) in [4.78, 5) is 12.8. The summed E-state index contributed by atoms with van der Waals surface area (Å²) in [7, 11) is 0. The minimum absolute atomic E-state index is 0. The number of pyridine rings is 1. The van der Waals surface area contributed by atoms with Crippen LogP contribution in [0.3, 0.4) is 0 Å². The third kappa shape index (κ3) is 8.36. The van der Waals surface area contributed by atoms with Gasteiger partial charge in [-0.2, -0.15) is 13.2 Å². The first-order valence-electron chi connectivity index (χ1n) is 10.8. The van der Waals surface area contributed by atoms with Gasteiger partial charge in [0.2, 0.25) is 0 Å². The van der Waals surface area contributed by atoms with Gasteiger partial charge in [0.25, 0.3) is 5.82 Å². The number of alkyl halides is 3. The van der Waals surface area contributed by atoms with Gasteiger partial charge in [-0.3, -0.25) is 4.90 Å². The number of nitrogens with zero attached hydrogens (tertiary/aromatic N) is 2. The first-order valence-corrected chi connectivity index (χ1v) is 10.8. The molecule has 3 rings (SSSR count). The zero-order valence-electron chi connectivity index (χ0n) is 18.5. The molecule has 0 aliphatic rings. The van der Waals surface area contributed by atoms with Crippen LogP contribution in [0, 0.1) is 0 Å². The summed E-state index contributed by atoms with van der Waals surface area (Å²) in [5.74, 6) is 2.02. The second-order valence-electron chi connectivity index (χ2n) is 7.31. The Morgan fingerprint density at radius 1 is 0.969 bits per heavy atom. The molecule has 2 heterocycles. The maximum absolute atomic E-state index is 12.6. The van der Waals surface area contributed by atoms with Crippen LogP contribution in [0.4, 0.5) is 19.0 Å². The molecule has 0 spiro atoms. The van der Waals surface area contributed by atoms with Crippen molar-refractivity contribution < 1.29 is 18.2 Å². The molecule has 0 amide bonds. The standard InChI is InChI=1S/C13H13F3N2.C11H18N2.CH4/c1-2-4-12-17-8-11(18-12)9-5-3-6-10(7-9)13(14,15)16;1-3-9-13(10-4-2)11-7-5-6-8-12-11;/h3,5-8H,2,4H2,1H3,(H,17,18);5-8H,3-4,9-10H2,1-2H3;1H4/p+1. The minimum atomic E-state index is -4.32. The molecule has 7 heteroatoms. The number of aromatic amines is 2. The molecule has 0 aliphatic carbocycles. The largest absolute Gasteiger partial charge is 0.416 e. The summed E-state index contributed by atoms with van der Waals surface area (Å²) in [6, 6.07) is 11.4. The highest BCUT2D eigenvalue weighted by Gasteiger charge is 2.30. The molecule has 0 bridgehead atoms. The average Bonchev–Trinajstić information content (AvgIpc) is 3.23. The first-order chi connectivity index (χ1) is 14.9. The molecule has 0 radical (unpaired) electrons. The molecular formula is C25H36F3N4+. The average molecular weight is 450 g/mol. The zero-order chi connectivity index (χ0) is 22.7. The number of halogens is 3. The van der Waals surface area contributed by atoms with E-state index >= 15 is 0 Å². The Bertz CT molecular complexity index is 885. The van der Waals surface area contributed by atoms with Gasteiger partial charge in [0, 0.05) is 18.1 Å². The van der Waals surface area contributed by atoms with Gasteiger partial charge in [-0.25, -0.2) is 9.97 Å². The van der Waals surface area contributed by atoms with E-state index in [9.17, 15) is 13.2 Å². The summed E-state index contributed by atoms with van der Waals surface area (Å²) < 4.78 is 37.8. The van der Waals surface area contributed by atoms with Crippen molar-refractivity contribution in [2.24, 2.45) is 0 Å². The molecule has 0 saturated heterocycles. The van der Waals surface area contributed by atoms with E-state index in [0.29, 0.717) is 11.3 Å². The minimum Gasteiger partial charge on any atom is -0.342 e. The van der Waals surface area contributed by atoms with Crippen molar-refractivity contribution in [2.75, 3.05) is 18.0 Å². The van der Waals surface area contributed by atoms with Crippen molar-refractivity contribution in [3.05, 3.63) is 66.2 Å². The lowest BCUT2D eigenvalue weighted by Crippen LogP contribution is -2.30. The number of aryl methyl sites for hydroxylation is 1. The lowest BCUT2D eigenvalue weighted by atomic mass is 10.1. The number of nitrogens with one attached hydrogen (secondary N) is 2. The van der Waals surface area contributed by atoms with Gasteiger partial charge < -0.3 is 4.98 Å². The number of hydrogen-bond acceptors (Lipinski definition) is 2. The van der Waals surface area contributed by atoms with Crippen molar-refractivity contribution in [1.82, 2.24) is 9.97 Å². The van der Waals surface area contributed by atoms with E-state index in [2.05, 4.69) is 45.8 Å². The van der Waals surface area contributed by atoms with Crippen molar-refractivity contribution >= 4 is 5.82 Å². The maximum atomic E-state index is 12.6. The van der Waals surface area contributed by atoms with Crippen molar-refractivity contribution in [2.45, 2.75) is 60.1 Å². The molecule has 2 N–H and O–H groups in total. The Balaban J connectivity index is 0.000000327. The van der Waals surface area contributed by atoms with Crippen LogP contribution in [0.2, 0.25) is 0 Å². The lowest BCUT2D eigenvalue weighted by molar-refractivity contribution is -0.364. The third-order valence-corrected chi connectivity index (χ3v) is 4.64. The second-order valence-corrected chi connectivity index (χ2v) is 7.31. The molecule has 3 aromatic rings. The van der Waals surface area contributed by atoms with Crippen LogP contribution in [0.25, 0.3) is 11.3 Å². The highest BCUT2D eigenvalue weighted by atomic mass is 19.4. The molecule has 176 valence electrons. The highest BCUT2D eigenvalue weighted by Crippen LogP contribution is 2.31. The lowest BCUT2D eigenvalue weighted by Gasteiger charge is -2.14. The van der Waals surface area contributed by atoms with Gasteiger partial charge in [-0.1, -0.05) is 46.4 Å². The monoisotopic (exact) mass is 449 g/mol. The molecule has 2 aromatic heterocycles. The van der Waals surface area contributed by atoms with Gasteiger partial charge in [0.15, 0.2) is 0 Å². The molecule has 0 fully saturated rings. The fraction of sp³-hybridized carbons (Fsp3) is 0.440. The number of imidazole rings is 1. The molecule has 1 aromatic carbocycles. The van der Waals surface area contributed by atoms with Crippen molar-refractivity contribution in [3.63, 3.8) is 0 Å². The number of rotatable bonds is 8. The maximum Gasteiger partial charge on any atom is 0.416 e. The van der Waals surface area contributed by atoms with Crippen LogP contribution < -0.4 is 9.88 Å². The fourth-order valence-electron chi connectivity index (χ4n) is 3.21. The summed E-state index contributed by atoms with van der Waals surface area (Å²) in [5, 5.41) is 0. The van der Waals surface area contributed by atoms with Crippen LogP contribution in [0.15, 0.2) is 54.9 Å². The van der Waals surface area contributed by atoms with E-state index in [1.54, 1.807) is 12.3 Å². The number of aromatic nitrogens is 3. The number of anilines is 1. The van der Waals surface area contributed by atoms with E-state index in [4.69, 9.17) is 0 Å². The van der Waals surface area contributed by atoms with Crippen LogP contribution in [-0.4, -0.2) is 23.1 Å². The normalized spacial score (nSPS) is 10.7. The predicted molar refractivity (Wildman–Crippen MR) is 126 cm³/mol. The predicted octanol–water partition coefficient (Wildman–Crippen LogP) is 6.81. The van der Waals surface area contributed by atoms with E-state index in [-0.39, 0.29) is 7.43 Å². The number of hydrogen-bond donors (Lipinski definition) is 1. The Kier molecular flexibility index (Phi) is 11.5. The quantitative estimate of drug-likeness (QED) is 0.410. The molecular weight excluding hydrogens is 413 g/mol. The Hall–Kier alpha value is -2.83. The SMILES string of the molecule is C.CCCN(CCC)c1cccc[nH+]1.CCCc1ncc(-c2cccc(C(F)(F)F)c2)[nH]1. The topological polar surface area (TPSA) is 46.1 Å². The van der Waals surface area contributed by atoms with Crippen LogP contribution in [-0.2, 0) is 12.6 Å². The summed E-state index contributed by atoms with van der Waals surface area (Å²) in [5.41, 5.74) is 0.468. The number of benzene rings is 1. The first kappa shape index (κ1) is 27.2. The van der Waals surface area contributed by atoms with Gasteiger partial charge in [-0.15, -0.1) is 0 Å². The molecule has 0 unspecified atom stereocenters. The second kappa shape index (κ2) is 13.6. The smallest absolute Gasteiger partial charge is 0.342 e. The van der Waals surface area contributed by atoms with Crippen LogP contribution in [0.5, 0.6) is 0 Å². The zero-order valence-corrected chi connectivity index (χ0v) is 18.5. The Labute approximate surface area is 189 Å². The molecule has 4 nitrogen and oxygen atoms in total. The summed E-state index contributed by atoms with van der Waals surface area (Å²) >= 11 is 0. The third-order valence-electron chi connectivity index (χ3n) is 4.64. The van der Waals surface area contributed by atoms with Gasteiger partial charge in [0.1, 0.15) is 5.82 Å². The molecule has 0 aliphatic heterocycles. The van der Waals surface area contributed by atoms with Gasteiger partial charge >= 0.3 is 6.18 Å². The summed E-state index contributed by atoms with van der Waals surface area (Å²) in [6.45, 7) is 8.71. The van der Waals surface area contributed by atoms with Crippen molar-refractivity contribution in [3.8, 4) is 11.3 Å². The molecule has 32 heavy (non-hydrogen) atoms. The van der Waals surface area contributed by atoms with Crippen LogP contribution in [0.1, 0.15) is 58.8 Å². The fourth-order valence-corrected chi connectivity index (χ4v) is 3.21. The number of H-pyrrole nitrogens is 2. The van der Waals surface area contributed by atoms with Crippen LogP contribution >= 0.6 is 0 Å².